The summed E-state index contributed by atoms with van der Waals surface area (Å²) in [4.78, 5) is 0. The van der Waals surface area contributed by atoms with Gasteiger partial charge in [0, 0.05) is 5.54 Å². The topological polar surface area (TPSA) is 55.4 Å². The highest BCUT2D eigenvalue weighted by Gasteiger charge is 2.17. The summed E-state index contributed by atoms with van der Waals surface area (Å²) in [6.07, 6.45) is 1.04. The zero-order valence-electron chi connectivity index (χ0n) is 7.34. The van der Waals surface area contributed by atoms with Crippen LogP contribution in [0, 0.1) is 0 Å². The lowest BCUT2D eigenvalue weighted by Gasteiger charge is -2.22. The largest absolute Gasteiger partial charge is 0.313 e. The van der Waals surface area contributed by atoms with Crippen molar-refractivity contribution in [1.82, 2.24) is 5.32 Å². The molecule has 0 aromatic carbocycles. The van der Waals surface area contributed by atoms with E-state index in [4.69, 9.17) is 0 Å². The molecule has 0 aromatic rings. The van der Waals surface area contributed by atoms with Crippen LogP contribution in [0.5, 0.6) is 0 Å². The summed E-state index contributed by atoms with van der Waals surface area (Å²) in [7, 11) is -1.55. The van der Waals surface area contributed by atoms with Crippen molar-refractivity contribution >= 4 is 10.1 Å². The van der Waals surface area contributed by atoms with Gasteiger partial charge in [-0.25, -0.2) is 0 Å². The Morgan fingerprint density at radius 3 is 2.18 bits per heavy atom. The van der Waals surface area contributed by atoms with Crippen molar-refractivity contribution in [1.29, 1.82) is 0 Å². The molecule has 0 aliphatic heterocycles. The monoisotopic (exact) mass is 181 g/mol. The molecular formula is C6H15NO3S. The van der Waals surface area contributed by atoms with Crippen molar-refractivity contribution < 1.29 is 12.6 Å². The third-order valence-corrected chi connectivity index (χ3v) is 1.86. The highest BCUT2D eigenvalue weighted by molar-refractivity contribution is 7.85. The highest BCUT2D eigenvalue weighted by Crippen LogP contribution is 2.02. The van der Waals surface area contributed by atoms with Crippen LogP contribution in [0.4, 0.5) is 0 Å². The molecule has 0 amide bonds. The SMILES string of the molecule is CNC(C)(C)COS(C)(=O)=O. The molecule has 0 atom stereocenters. The van der Waals surface area contributed by atoms with Gasteiger partial charge in [-0.3, -0.25) is 4.18 Å². The van der Waals surface area contributed by atoms with Crippen LogP contribution in [0.1, 0.15) is 13.8 Å². The normalized spacial score (nSPS) is 13.5. The van der Waals surface area contributed by atoms with Gasteiger partial charge in [-0.05, 0) is 20.9 Å². The van der Waals surface area contributed by atoms with E-state index in [0.29, 0.717) is 0 Å². The van der Waals surface area contributed by atoms with Crippen LogP contribution in [0.25, 0.3) is 0 Å². The second-order valence-electron chi connectivity index (χ2n) is 3.10. The van der Waals surface area contributed by atoms with Crippen LogP contribution in [0.2, 0.25) is 0 Å². The lowest BCUT2D eigenvalue weighted by atomic mass is 10.1. The van der Waals surface area contributed by atoms with Gasteiger partial charge in [0.1, 0.15) is 0 Å². The first-order chi connectivity index (χ1) is 4.77. The molecule has 68 valence electrons. The molecule has 5 heteroatoms. The number of hydrogen-bond acceptors (Lipinski definition) is 4. The van der Waals surface area contributed by atoms with Crippen molar-refractivity contribution in [2.24, 2.45) is 0 Å². The number of nitrogens with one attached hydrogen (secondary N) is 1. The molecule has 0 aliphatic carbocycles. The van der Waals surface area contributed by atoms with Crippen LogP contribution >= 0.6 is 0 Å². The molecule has 0 fully saturated rings. The van der Waals surface area contributed by atoms with Gasteiger partial charge in [-0.1, -0.05) is 0 Å². The van der Waals surface area contributed by atoms with Crippen molar-refractivity contribution in [3.63, 3.8) is 0 Å². The Morgan fingerprint density at radius 2 is 1.91 bits per heavy atom. The van der Waals surface area contributed by atoms with Crippen LogP contribution in [0.15, 0.2) is 0 Å². The maximum Gasteiger partial charge on any atom is 0.264 e. The summed E-state index contributed by atoms with van der Waals surface area (Å²) < 4.78 is 25.7. The zero-order valence-corrected chi connectivity index (χ0v) is 8.16. The Bertz CT molecular complexity index is 208. The Hall–Kier alpha value is -0.130. The molecule has 0 aliphatic rings. The van der Waals surface area contributed by atoms with Crippen LogP contribution < -0.4 is 5.32 Å². The van der Waals surface area contributed by atoms with Crippen LogP contribution in [-0.2, 0) is 14.3 Å². The molecule has 11 heavy (non-hydrogen) atoms. The summed E-state index contributed by atoms with van der Waals surface area (Å²) in [6.45, 7) is 3.87. The molecule has 4 nitrogen and oxygen atoms in total. The van der Waals surface area contributed by atoms with E-state index < -0.39 is 10.1 Å². The first-order valence-corrected chi connectivity index (χ1v) is 5.12. The third-order valence-electron chi connectivity index (χ3n) is 1.31. The zero-order chi connectivity index (χ0) is 9.12. The van der Waals surface area contributed by atoms with E-state index >= 15 is 0 Å². The lowest BCUT2D eigenvalue weighted by molar-refractivity contribution is 0.224. The van der Waals surface area contributed by atoms with Gasteiger partial charge in [0.25, 0.3) is 10.1 Å². The van der Waals surface area contributed by atoms with Crippen molar-refractivity contribution in [2.75, 3.05) is 19.9 Å². The summed E-state index contributed by atoms with van der Waals surface area (Å²) >= 11 is 0. The Labute approximate surface area is 68.1 Å². The average molecular weight is 181 g/mol. The molecule has 0 bridgehead atoms. The van der Waals surface area contributed by atoms with E-state index in [1.807, 2.05) is 13.8 Å². The number of rotatable bonds is 4. The van der Waals surface area contributed by atoms with Gasteiger partial charge in [0.2, 0.25) is 0 Å². The summed E-state index contributed by atoms with van der Waals surface area (Å²) in [5, 5.41) is 2.92. The highest BCUT2D eigenvalue weighted by atomic mass is 32.2. The van der Waals surface area contributed by atoms with Crippen LogP contribution in [0.3, 0.4) is 0 Å². The molecule has 1 N–H and O–H groups in total. The fourth-order valence-electron chi connectivity index (χ4n) is 0.327. The third kappa shape index (κ3) is 6.28. The van der Waals surface area contributed by atoms with E-state index in [0.717, 1.165) is 6.26 Å². The summed E-state index contributed by atoms with van der Waals surface area (Å²) in [5.74, 6) is 0. The maximum atomic E-state index is 10.5. The quantitative estimate of drug-likeness (QED) is 0.618. The Balaban J connectivity index is 3.90. The smallest absolute Gasteiger partial charge is 0.264 e. The molecule has 0 radical (unpaired) electrons. The van der Waals surface area contributed by atoms with Crippen LogP contribution in [-0.4, -0.2) is 33.9 Å². The minimum absolute atomic E-state index is 0.155. The van der Waals surface area contributed by atoms with Gasteiger partial charge in [-0.2, -0.15) is 8.42 Å². The van der Waals surface area contributed by atoms with Gasteiger partial charge in [0.05, 0.1) is 12.9 Å². The second kappa shape index (κ2) is 3.51. The van der Waals surface area contributed by atoms with Gasteiger partial charge in [-0.15, -0.1) is 0 Å². The predicted molar refractivity (Wildman–Crippen MR) is 43.9 cm³/mol. The number of likely N-dealkylation sites (N-methyl/N-ethyl adjacent to an activating group) is 1. The van der Waals surface area contributed by atoms with Gasteiger partial charge in [0.15, 0.2) is 0 Å². The maximum absolute atomic E-state index is 10.5. The lowest BCUT2D eigenvalue weighted by Crippen LogP contribution is -2.41. The van der Waals surface area contributed by atoms with Gasteiger partial charge >= 0.3 is 0 Å². The Morgan fingerprint density at radius 1 is 1.45 bits per heavy atom. The van der Waals surface area contributed by atoms with E-state index in [-0.39, 0.29) is 12.1 Å². The minimum Gasteiger partial charge on any atom is -0.313 e. The molecule has 0 saturated heterocycles. The predicted octanol–water partition coefficient (Wildman–Crippen LogP) is -0.0394. The number of hydrogen-bond donors (Lipinski definition) is 1. The van der Waals surface area contributed by atoms with E-state index in [1.54, 1.807) is 7.05 Å². The molecule has 0 unspecified atom stereocenters. The van der Waals surface area contributed by atoms with E-state index in [9.17, 15) is 8.42 Å². The average Bonchev–Trinajstić information content (AvgIpc) is 1.83. The van der Waals surface area contributed by atoms with E-state index in [1.165, 1.54) is 0 Å². The van der Waals surface area contributed by atoms with Gasteiger partial charge < -0.3 is 5.32 Å². The summed E-state index contributed by atoms with van der Waals surface area (Å²) in [6, 6.07) is 0. The molecule has 0 aromatic heterocycles. The molecule has 0 spiro atoms. The van der Waals surface area contributed by atoms with Crippen molar-refractivity contribution in [3.05, 3.63) is 0 Å². The second-order valence-corrected chi connectivity index (χ2v) is 4.74. The first kappa shape index (κ1) is 10.9. The molecular weight excluding hydrogens is 166 g/mol. The Kier molecular flexibility index (Phi) is 3.47. The first-order valence-electron chi connectivity index (χ1n) is 3.30. The van der Waals surface area contributed by atoms with E-state index in [2.05, 4.69) is 9.50 Å². The fraction of sp³-hybridized carbons (Fsp3) is 1.00. The minimum atomic E-state index is -3.31. The van der Waals surface area contributed by atoms with Crippen molar-refractivity contribution in [3.8, 4) is 0 Å². The fourth-order valence-corrected chi connectivity index (χ4v) is 0.835. The molecule has 0 heterocycles. The standard InChI is InChI=1S/C6H15NO3S/c1-6(2,7-3)5-10-11(4,8)9/h7H,5H2,1-4H3. The summed E-state index contributed by atoms with van der Waals surface area (Å²) in [5.41, 5.74) is -0.302. The molecule has 0 saturated carbocycles. The van der Waals surface area contributed by atoms with Crippen molar-refractivity contribution in [2.45, 2.75) is 19.4 Å². The molecule has 0 rings (SSSR count).